The minimum absolute atomic E-state index is 0.572. The molecule has 13 heavy (non-hydrogen) atoms. The predicted molar refractivity (Wildman–Crippen MR) is 56.1 cm³/mol. The van der Waals surface area contributed by atoms with Crippen LogP contribution in [0.15, 0.2) is 0 Å². The summed E-state index contributed by atoms with van der Waals surface area (Å²) in [6.45, 7) is 11.0. The number of nitrogens with zero attached hydrogens (tertiary/aromatic N) is 1. The highest BCUT2D eigenvalue weighted by atomic mass is 15.1. The third-order valence-corrected chi connectivity index (χ3v) is 2.68. The fourth-order valence-electron chi connectivity index (χ4n) is 1.75. The number of aromatic amines is 1. The molecule has 1 unspecified atom stereocenters. The number of rotatable bonds is 3. The Bertz CT molecular complexity index is 274. The van der Waals surface area contributed by atoms with E-state index in [1.54, 1.807) is 0 Å². The van der Waals surface area contributed by atoms with Crippen LogP contribution >= 0.6 is 0 Å². The van der Waals surface area contributed by atoms with Gasteiger partial charge in [-0.15, -0.1) is 0 Å². The molecule has 0 bridgehead atoms. The normalized spacial score (nSPS) is 13.7. The molecule has 1 aromatic rings. The summed E-state index contributed by atoms with van der Waals surface area (Å²) in [7, 11) is 0. The Hall–Kier alpha value is -0.790. The molecule has 0 aliphatic heterocycles. The molecule has 1 atom stereocenters. The van der Waals surface area contributed by atoms with Gasteiger partial charge in [-0.2, -0.15) is 5.10 Å². The van der Waals surface area contributed by atoms with Crippen molar-refractivity contribution in [2.24, 2.45) is 0 Å². The van der Waals surface area contributed by atoms with Crippen LogP contribution in [0.3, 0.4) is 0 Å². The van der Waals surface area contributed by atoms with Crippen molar-refractivity contribution < 1.29 is 0 Å². The minimum atomic E-state index is 0.572. The molecule has 0 radical (unpaired) electrons. The van der Waals surface area contributed by atoms with E-state index in [0.717, 1.165) is 6.42 Å². The van der Waals surface area contributed by atoms with E-state index in [1.807, 2.05) is 0 Å². The summed E-state index contributed by atoms with van der Waals surface area (Å²) in [4.78, 5) is 0. The first-order chi connectivity index (χ1) is 6.07. The molecular formula is C11H20N2. The second-order valence-corrected chi connectivity index (χ2v) is 4.11. The highest BCUT2D eigenvalue weighted by molar-refractivity contribution is 5.29. The van der Waals surface area contributed by atoms with Crippen molar-refractivity contribution in [3.63, 3.8) is 0 Å². The van der Waals surface area contributed by atoms with Crippen LogP contribution in [0.5, 0.6) is 0 Å². The number of hydrogen-bond donors (Lipinski definition) is 1. The maximum absolute atomic E-state index is 4.38. The Labute approximate surface area is 80.7 Å². The maximum atomic E-state index is 4.38. The summed E-state index contributed by atoms with van der Waals surface area (Å²) in [5.74, 6) is 1.14. The predicted octanol–water partition coefficient (Wildman–Crippen LogP) is 3.36. The topological polar surface area (TPSA) is 28.7 Å². The van der Waals surface area contributed by atoms with Gasteiger partial charge in [0.2, 0.25) is 0 Å². The lowest BCUT2D eigenvalue weighted by Gasteiger charge is -2.11. The molecular weight excluding hydrogens is 160 g/mol. The van der Waals surface area contributed by atoms with Gasteiger partial charge in [-0.3, -0.25) is 5.10 Å². The van der Waals surface area contributed by atoms with Crippen molar-refractivity contribution in [2.45, 2.75) is 52.9 Å². The van der Waals surface area contributed by atoms with Gasteiger partial charge in [-0.1, -0.05) is 27.7 Å². The lowest BCUT2D eigenvalue weighted by molar-refractivity contribution is 0.684. The molecule has 74 valence electrons. The van der Waals surface area contributed by atoms with Crippen LogP contribution in [0.25, 0.3) is 0 Å². The van der Waals surface area contributed by atoms with Gasteiger partial charge in [-0.05, 0) is 24.8 Å². The van der Waals surface area contributed by atoms with Gasteiger partial charge >= 0.3 is 0 Å². The first kappa shape index (κ1) is 10.3. The first-order valence-corrected chi connectivity index (χ1v) is 5.12. The maximum Gasteiger partial charge on any atom is 0.0687 e. The van der Waals surface area contributed by atoms with E-state index in [1.165, 1.54) is 17.0 Å². The molecule has 0 aromatic carbocycles. The lowest BCUT2D eigenvalue weighted by Crippen LogP contribution is -1.99. The van der Waals surface area contributed by atoms with E-state index < -0.39 is 0 Å². The van der Waals surface area contributed by atoms with Gasteiger partial charge in [-0.25, -0.2) is 0 Å². The molecule has 2 nitrogen and oxygen atoms in total. The molecule has 0 fully saturated rings. The summed E-state index contributed by atoms with van der Waals surface area (Å²) in [6.07, 6.45) is 1.16. The highest BCUT2D eigenvalue weighted by Gasteiger charge is 2.17. The minimum Gasteiger partial charge on any atom is -0.282 e. The van der Waals surface area contributed by atoms with E-state index in [0.29, 0.717) is 11.8 Å². The van der Waals surface area contributed by atoms with E-state index in [2.05, 4.69) is 44.8 Å². The summed E-state index contributed by atoms with van der Waals surface area (Å²) >= 11 is 0. The van der Waals surface area contributed by atoms with Gasteiger partial charge in [0, 0.05) is 11.6 Å². The third-order valence-electron chi connectivity index (χ3n) is 2.68. The van der Waals surface area contributed by atoms with E-state index >= 15 is 0 Å². The largest absolute Gasteiger partial charge is 0.282 e. The van der Waals surface area contributed by atoms with Crippen LogP contribution in [0.1, 0.15) is 62.9 Å². The van der Waals surface area contributed by atoms with Crippen LogP contribution in [-0.4, -0.2) is 10.2 Å². The van der Waals surface area contributed by atoms with Gasteiger partial charge in [0.15, 0.2) is 0 Å². The molecule has 1 heterocycles. The number of aromatic nitrogens is 2. The number of H-pyrrole nitrogens is 1. The summed E-state index contributed by atoms with van der Waals surface area (Å²) in [6, 6.07) is 0. The molecule has 1 N–H and O–H groups in total. The lowest BCUT2D eigenvalue weighted by atomic mass is 9.93. The fraction of sp³-hybridized carbons (Fsp3) is 0.727. The molecule has 0 saturated heterocycles. The molecule has 0 saturated carbocycles. The zero-order chi connectivity index (χ0) is 10.0. The average Bonchev–Trinajstić information content (AvgIpc) is 2.45. The summed E-state index contributed by atoms with van der Waals surface area (Å²) in [5.41, 5.74) is 3.90. The van der Waals surface area contributed by atoms with Crippen molar-refractivity contribution in [1.82, 2.24) is 10.2 Å². The van der Waals surface area contributed by atoms with E-state index in [-0.39, 0.29) is 0 Å². The molecule has 0 aliphatic carbocycles. The van der Waals surface area contributed by atoms with Crippen LogP contribution in [0, 0.1) is 6.92 Å². The Morgan fingerprint density at radius 3 is 2.38 bits per heavy atom. The Balaban J connectivity index is 3.07. The quantitative estimate of drug-likeness (QED) is 0.759. The van der Waals surface area contributed by atoms with Crippen molar-refractivity contribution in [3.05, 3.63) is 17.0 Å². The molecule has 1 rings (SSSR count). The molecule has 0 spiro atoms. The van der Waals surface area contributed by atoms with Crippen molar-refractivity contribution in [2.75, 3.05) is 0 Å². The number of aryl methyl sites for hydroxylation is 1. The summed E-state index contributed by atoms with van der Waals surface area (Å²) in [5, 5.41) is 7.47. The smallest absolute Gasteiger partial charge is 0.0687 e. The monoisotopic (exact) mass is 180 g/mol. The molecule has 1 aromatic heterocycles. The molecule has 0 aliphatic rings. The highest BCUT2D eigenvalue weighted by Crippen LogP contribution is 2.28. The number of nitrogens with one attached hydrogen (secondary N) is 1. The van der Waals surface area contributed by atoms with Gasteiger partial charge in [0.1, 0.15) is 0 Å². The Morgan fingerprint density at radius 2 is 1.92 bits per heavy atom. The van der Waals surface area contributed by atoms with E-state index in [4.69, 9.17) is 0 Å². The zero-order valence-corrected chi connectivity index (χ0v) is 9.31. The van der Waals surface area contributed by atoms with Crippen molar-refractivity contribution in [1.29, 1.82) is 0 Å². The number of hydrogen-bond acceptors (Lipinski definition) is 1. The Kier molecular flexibility index (Phi) is 3.12. The van der Waals surface area contributed by atoms with Crippen LogP contribution < -0.4 is 0 Å². The van der Waals surface area contributed by atoms with Gasteiger partial charge < -0.3 is 0 Å². The average molecular weight is 180 g/mol. The van der Waals surface area contributed by atoms with Crippen molar-refractivity contribution >= 4 is 0 Å². The van der Waals surface area contributed by atoms with Gasteiger partial charge in [0.25, 0.3) is 0 Å². The zero-order valence-electron chi connectivity index (χ0n) is 9.31. The van der Waals surface area contributed by atoms with E-state index in [9.17, 15) is 0 Å². The first-order valence-electron chi connectivity index (χ1n) is 5.12. The fourth-order valence-corrected chi connectivity index (χ4v) is 1.75. The van der Waals surface area contributed by atoms with Crippen LogP contribution in [-0.2, 0) is 0 Å². The summed E-state index contributed by atoms with van der Waals surface area (Å²) < 4.78 is 0. The van der Waals surface area contributed by atoms with Crippen molar-refractivity contribution in [3.8, 4) is 0 Å². The molecule has 2 heteroatoms. The Morgan fingerprint density at radius 1 is 1.31 bits per heavy atom. The third kappa shape index (κ3) is 1.93. The van der Waals surface area contributed by atoms with Crippen LogP contribution in [0.2, 0.25) is 0 Å². The van der Waals surface area contributed by atoms with Crippen LogP contribution in [0.4, 0.5) is 0 Å². The second kappa shape index (κ2) is 3.95. The standard InChI is InChI=1S/C11H20N2/c1-6-8(4)11-10(7(2)3)9(5)12-13-11/h7-8H,6H2,1-5H3,(H,12,13). The van der Waals surface area contributed by atoms with Gasteiger partial charge in [0.05, 0.1) is 5.69 Å². The SMILES string of the molecule is CCC(C)c1n[nH]c(C)c1C(C)C. The molecule has 0 amide bonds. The second-order valence-electron chi connectivity index (χ2n) is 4.11.